The molecule has 2 rings (SSSR count). The molecule has 0 aliphatic heterocycles. The second-order valence-electron chi connectivity index (χ2n) is 4.78. The van der Waals surface area contributed by atoms with Crippen molar-refractivity contribution >= 4 is 12.4 Å². The van der Waals surface area contributed by atoms with Gasteiger partial charge in [0.1, 0.15) is 0 Å². The van der Waals surface area contributed by atoms with Gasteiger partial charge in [-0.3, -0.25) is 9.98 Å². The van der Waals surface area contributed by atoms with E-state index in [0.29, 0.717) is 0 Å². The molecule has 0 bridgehead atoms. The molecule has 0 N–H and O–H groups in total. The predicted octanol–water partition coefficient (Wildman–Crippen LogP) is 3.84. The van der Waals surface area contributed by atoms with E-state index in [1.165, 1.54) is 22.3 Å². The van der Waals surface area contributed by atoms with Crippen LogP contribution in [0.2, 0.25) is 0 Å². The SMILES string of the molecule is Cc1ccccc1/C=N/CC/N=C/c1ccccc1C. The Balaban J connectivity index is 1.82. The van der Waals surface area contributed by atoms with Gasteiger partial charge in [0.15, 0.2) is 0 Å². The number of aliphatic imine (C=N–C) groups is 2. The van der Waals surface area contributed by atoms with E-state index in [0.717, 1.165) is 13.1 Å². The van der Waals surface area contributed by atoms with Crippen molar-refractivity contribution in [3.8, 4) is 0 Å². The minimum atomic E-state index is 0.719. The Hall–Kier alpha value is -2.22. The summed E-state index contributed by atoms with van der Waals surface area (Å²) < 4.78 is 0. The van der Waals surface area contributed by atoms with Crippen LogP contribution in [0.25, 0.3) is 0 Å². The Kier molecular flexibility index (Phi) is 5.24. The Morgan fingerprint density at radius 2 is 1.10 bits per heavy atom. The van der Waals surface area contributed by atoms with E-state index in [1.807, 2.05) is 36.7 Å². The first-order chi connectivity index (χ1) is 9.77. The summed E-state index contributed by atoms with van der Waals surface area (Å²) in [6, 6.07) is 16.5. The number of rotatable bonds is 5. The molecule has 0 saturated carbocycles. The van der Waals surface area contributed by atoms with Crippen molar-refractivity contribution in [1.29, 1.82) is 0 Å². The average Bonchev–Trinajstić information content (AvgIpc) is 2.46. The zero-order chi connectivity index (χ0) is 14.2. The van der Waals surface area contributed by atoms with Gasteiger partial charge in [0.25, 0.3) is 0 Å². The molecule has 20 heavy (non-hydrogen) atoms. The summed E-state index contributed by atoms with van der Waals surface area (Å²) in [5.74, 6) is 0. The molecular weight excluding hydrogens is 244 g/mol. The molecule has 0 amide bonds. The molecule has 0 aromatic heterocycles. The average molecular weight is 264 g/mol. The topological polar surface area (TPSA) is 24.7 Å². The molecule has 0 unspecified atom stereocenters. The van der Waals surface area contributed by atoms with Crippen molar-refractivity contribution in [3.63, 3.8) is 0 Å². The Bertz CT molecular complexity index is 557. The van der Waals surface area contributed by atoms with Crippen molar-refractivity contribution in [2.45, 2.75) is 13.8 Å². The van der Waals surface area contributed by atoms with Gasteiger partial charge >= 0.3 is 0 Å². The van der Waals surface area contributed by atoms with Gasteiger partial charge in [-0.1, -0.05) is 48.5 Å². The number of aryl methyl sites for hydroxylation is 2. The summed E-state index contributed by atoms with van der Waals surface area (Å²) in [5, 5.41) is 0. The first-order valence-corrected chi connectivity index (χ1v) is 6.88. The van der Waals surface area contributed by atoms with E-state index in [-0.39, 0.29) is 0 Å². The van der Waals surface area contributed by atoms with Crippen LogP contribution in [0.5, 0.6) is 0 Å². The van der Waals surface area contributed by atoms with Gasteiger partial charge in [-0.05, 0) is 36.1 Å². The third-order valence-corrected chi connectivity index (χ3v) is 3.20. The van der Waals surface area contributed by atoms with Gasteiger partial charge in [-0.2, -0.15) is 0 Å². The van der Waals surface area contributed by atoms with Crippen molar-refractivity contribution in [2.24, 2.45) is 9.98 Å². The highest BCUT2D eigenvalue weighted by Crippen LogP contribution is 2.04. The molecule has 0 aliphatic carbocycles. The highest BCUT2D eigenvalue weighted by atomic mass is 14.8. The van der Waals surface area contributed by atoms with Crippen molar-refractivity contribution in [2.75, 3.05) is 13.1 Å². The Morgan fingerprint density at radius 3 is 1.50 bits per heavy atom. The molecule has 0 radical (unpaired) electrons. The third-order valence-electron chi connectivity index (χ3n) is 3.20. The Morgan fingerprint density at radius 1 is 0.700 bits per heavy atom. The normalized spacial score (nSPS) is 11.5. The van der Waals surface area contributed by atoms with Crippen LogP contribution in [-0.4, -0.2) is 25.5 Å². The highest BCUT2D eigenvalue weighted by Gasteiger charge is 1.92. The lowest BCUT2D eigenvalue weighted by Crippen LogP contribution is -1.92. The molecule has 0 saturated heterocycles. The van der Waals surface area contributed by atoms with Gasteiger partial charge in [0, 0.05) is 12.4 Å². The van der Waals surface area contributed by atoms with Crippen molar-refractivity contribution in [1.82, 2.24) is 0 Å². The zero-order valence-electron chi connectivity index (χ0n) is 12.1. The molecule has 0 heterocycles. The molecule has 0 spiro atoms. The second-order valence-corrected chi connectivity index (χ2v) is 4.78. The summed E-state index contributed by atoms with van der Waals surface area (Å²) in [6.07, 6.45) is 3.86. The summed E-state index contributed by atoms with van der Waals surface area (Å²) in [5.41, 5.74) is 4.85. The lowest BCUT2D eigenvalue weighted by atomic mass is 10.1. The van der Waals surface area contributed by atoms with Gasteiger partial charge in [-0.25, -0.2) is 0 Å². The molecule has 0 aliphatic rings. The molecule has 2 aromatic carbocycles. The van der Waals surface area contributed by atoms with Crippen molar-refractivity contribution < 1.29 is 0 Å². The van der Waals surface area contributed by atoms with Crippen LogP contribution in [0.1, 0.15) is 22.3 Å². The molecule has 102 valence electrons. The number of nitrogens with zero attached hydrogens (tertiary/aromatic N) is 2. The molecule has 0 fully saturated rings. The summed E-state index contributed by atoms with van der Waals surface area (Å²) in [4.78, 5) is 8.83. The van der Waals surface area contributed by atoms with E-state index in [9.17, 15) is 0 Å². The van der Waals surface area contributed by atoms with Crippen LogP contribution in [-0.2, 0) is 0 Å². The standard InChI is InChI=1S/C18H20N2/c1-15-7-3-5-9-17(15)13-19-11-12-20-14-18-10-6-4-8-16(18)2/h3-10,13-14H,11-12H2,1-2H3/b19-13+,20-14+. The number of hydrogen-bond donors (Lipinski definition) is 0. The fraction of sp³-hybridized carbons (Fsp3) is 0.222. The van der Waals surface area contributed by atoms with Gasteiger partial charge < -0.3 is 0 Å². The maximum Gasteiger partial charge on any atom is 0.0585 e. The quantitative estimate of drug-likeness (QED) is 0.579. The van der Waals surface area contributed by atoms with Gasteiger partial charge in [0.2, 0.25) is 0 Å². The third kappa shape index (κ3) is 4.16. The fourth-order valence-electron chi connectivity index (χ4n) is 1.90. The lowest BCUT2D eigenvalue weighted by Gasteiger charge is -1.98. The lowest BCUT2D eigenvalue weighted by molar-refractivity contribution is 0.984. The summed E-state index contributed by atoms with van der Waals surface area (Å²) in [6.45, 7) is 5.63. The predicted molar refractivity (Wildman–Crippen MR) is 87.3 cm³/mol. The van der Waals surface area contributed by atoms with E-state index < -0.39 is 0 Å². The fourth-order valence-corrected chi connectivity index (χ4v) is 1.90. The molecular formula is C18H20N2. The monoisotopic (exact) mass is 264 g/mol. The van der Waals surface area contributed by atoms with Crippen LogP contribution < -0.4 is 0 Å². The molecule has 2 nitrogen and oxygen atoms in total. The zero-order valence-corrected chi connectivity index (χ0v) is 12.1. The van der Waals surface area contributed by atoms with Crippen LogP contribution in [0.3, 0.4) is 0 Å². The minimum Gasteiger partial charge on any atom is -0.291 e. The largest absolute Gasteiger partial charge is 0.291 e. The summed E-state index contributed by atoms with van der Waals surface area (Å²) >= 11 is 0. The highest BCUT2D eigenvalue weighted by molar-refractivity contribution is 5.82. The first-order valence-electron chi connectivity index (χ1n) is 6.88. The van der Waals surface area contributed by atoms with Crippen LogP contribution >= 0.6 is 0 Å². The van der Waals surface area contributed by atoms with E-state index >= 15 is 0 Å². The van der Waals surface area contributed by atoms with Crippen molar-refractivity contribution in [3.05, 3.63) is 70.8 Å². The molecule has 2 aromatic rings. The minimum absolute atomic E-state index is 0.719. The first kappa shape index (κ1) is 14.2. The maximum absolute atomic E-state index is 4.42. The van der Waals surface area contributed by atoms with E-state index in [4.69, 9.17) is 0 Å². The van der Waals surface area contributed by atoms with Crippen LogP contribution in [0, 0.1) is 13.8 Å². The Labute approximate surface area is 120 Å². The number of benzene rings is 2. The molecule has 2 heteroatoms. The van der Waals surface area contributed by atoms with E-state index in [1.54, 1.807) is 0 Å². The second kappa shape index (κ2) is 7.39. The maximum atomic E-state index is 4.42. The van der Waals surface area contributed by atoms with Crippen LogP contribution in [0.4, 0.5) is 0 Å². The smallest absolute Gasteiger partial charge is 0.0585 e. The number of hydrogen-bond acceptors (Lipinski definition) is 2. The van der Waals surface area contributed by atoms with Crippen LogP contribution in [0.15, 0.2) is 58.5 Å². The van der Waals surface area contributed by atoms with E-state index in [2.05, 4.69) is 48.1 Å². The molecule has 0 atom stereocenters. The summed E-state index contributed by atoms with van der Waals surface area (Å²) in [7, 11) is 0. The van der Waals surface area contributed by atoms with Gasteiger partial charge in [-0.15, -0.1) is 0 Å². The van der Waals surface area contributed by atoms with Gasteiger partial charge in [0.05, 0.1) is 13.1 Å².